The number of rotatable bonds is 1. The van der Waals surface area contributed by atoms with Gasteiger partial charge in [0.05, 0.1) is 18.0 Å². The summed E-state index contributed by atoms with van der Waals surface area (Å²) < 4.78 is 2.08. The largest absolute Gasteiger partial charge is 0.339 e. The van der Waals surface area contributed by atoms with Crippen molar-refractivity contribution in [3.63, 3.8) is 0 Å². The normalized spacial score (nSPS) is 31.1. The number of aryl methyl sites for hydroxylation is 1. The van der Waals surface area contributed by atoms with Gasteiger partial charge in [0.25, 0.3) is 0 Å². The van der Waals surface area contributed by atoms with E-state index in [0.29, 0.717) is 26.1 Å². The molecule has 2 amide bonds. The first-order chi connectivity index (χ1) is 10.6. The standard InChI is InChI=1S/C15H21N5O2/c16-12-7-11-9-19(5-6-20(11)15(12)22)14(21)10-1-2-13-17-3-4-18(13)8-10/h3-4,10-12H,1-2,5-9,16H2. The van der Waals surface area contributed by atoms with Gasteiger partial charge in [-0.2, -0.15) is 0 Å². The van der Waals surface area contributed by atoms with Crippen LogP contribution in [0.2, 0.25) is 0 Å². The van der Waals surface area contributed by atoms with Crippen molar-refractivity contribution in [2.24, 2.45) is 11.7 Å². The van der Waals surface area contributed by atoms with Crippen molar-refractivity contribution in [2.45, 2.75) is 37.9 Å². The Hall–Kier alpha value is -1.89. The molecule has 7 heteroatoms. The molecule has 7 nitrogen and oxygen atoms in total. The van der Waals surface area contributed by atoms with E-state index in [4.69, 9.17) is 5.73 Å². The molecule has 3 aliphatic heterocycles. The maximum atomic E-state index is 12.8. The number of hydrogen-bond acceptors (Lipinski definition) is 4. The average molecular weight is 303 g/mol. The van der Waals surface area contributed by atoms with Gasteiger partial charge in [-0.05, 0) is 12.8 Å². The van der Waals surface area contributed by atoms with Gasteiger partial charge in [-0.3, -0.25) is 9.59 Å². The van der Waals surface area contributed by atoms with Crippen molar-refractivity contribution in [3.8, 4) is 0 Å². The number of nitrogens with zero attached hydrogens (tertiary/aromatic N) is 4. The van der Waals surface area contributed by atoms with E-state index in [-0.39, 0.29) is 29.8 Å². The molecule has 0 saturated carbocycles. The fourth-order valence-electron chi connectivity index (χ4n) is 3.98. The highest BCUT2D eigenvalue weighted by atomic mass is 16.2. The molecule has 3 aliphatic rings. The van der Waals surface area contributed by atoms with Crippen LogP contribution in [0, 0.1) is 5.92 Å². The van der Waals surface area contributed by atoms with Crippen LogP contribution in [0.1, 0.15) is 18.7 Å². The summed E-state index contributed by atoms with van der Waals surface area (Å²) >= 11 is 0. The number of imidazole rings is 1. The number of carbonyl (C=O) groups is 2. The monoisotopic (exact) mass is 303 g/mol. The smallest absolute Gasteiger partial charge is 0.239 e. The molecule has 1 aromatic rings. The molecule has 4 rings (SSSR count). The summed E-state index contributed by atoms with van der Waals surface area (Å²) in [5.41, 5.74) is 5.84. The molecule has 1 aromatic heterocycles. The van der Waals surface area contributed by atoms with E-state index in [9.17, 15) is 9.59 Å². The number of nitrogens with two attached hydrogens (primary N) is 1. The predicted molar refractivity (Wildman–Crippen MR) is 78.7 cm³/mol. The second-order valence-electron chi connectivity index (χ2n) is 6.54. The number of carbonyl (C=O) groups excluding carboxylic acids is 2. The number of fused-ring (bicyclic) bond motifs is 2. The first kappa shape index (κ1) is 13.8. The van der Waals surface area contributed by atoms with Gasteiger partial charge in [0.15, 0.2) is 0 Å². The number of hydrogen-bond donors (Lipinski definition) is 1. The van der Waals surface area contributed by atoms with E-state index in [1.165, 1.54) is 0 Å². The fraction of sp³-hybridized carbons (Fsp3) is 0.667. The lowest BCUT2D eigenvalue weighted by molar-refractivity contribution is -0.143. The Kier molecular flexibility index (Phi) is 3.18. The zero-order valence-electron chi connectivity index (χ0n) is 12.5. The first-order valence-corrected chi connectivity index (χ1v) is 7.98. The van der Waals surface area contributed by atoms with E-state index >= 15 is 0 Å². The van der Waals surface area contributed by atoms with E-state index in [1.54, 1.807) is 6.20 Å². The van der Waals surface area contributed by atoms with Crippen molar-refractivity contribution < 1.29 is 9.59 Å². The summed E-state index contributed by atoms with van der Waals surface area (Å²) in [6, 6.07) is -0.282. The minimum atomic E-state index is -0.386. The van der Waals surface area contributed by atoms with Crippen LogP contribution in [-0.2, 0) is 22.6 Å². The lowest BCUT2D eigenvalue weighted by Crippen LogP contribution is -2.55. The molecule has 0 radical (unpaired) electrons. The van der Waals surface area contributed by atoms with Gasteiger partial charge in [-0.1, -0.05) is 0 Å². The highest BCUT2D eigenvalue weighted by Gasteiger charge is 2.42. The summed E-state index contributed by atoms with van der Waals surface area (Å²) in [5, 5.41) is 0. The van der Waals surface area contributed by atoms with Crippen molar-refractivity contribution >= 4 is 11.8 Å². The minimum Gasteiger partial charge on any atom is -0.339 e. The summed E-state index contributed by atoms with van der Waals surface area (Å²) in [6.07, 6.45) is 6.13. The van der Waals surface area contributed by atoms with Crippen LogP contribution in [0.4, 0.5) is 0 Å². The fourth-order valence-corrected chi connectivity index (χ4v) is 3.98. The van der Waals surface area contributed by atoms with Crippen LogP contribution in [0.25, 0.3) is 0 Å². The Morgan fingerprint density at radius 2 is 2.18 bits per heavy atom. The van der Waals surface area contributed by atoms with Crippen LogP contribution < -0.4 is 5.73 Å². The zero-order valence-corrected chi connectivity index (χ0v) is 12.5. The lowest BCUT2D eigenvalue weighted by atomic mass is 9.97. The molecule has 0 bridgehead atoms. The molecule has 0 aliphatic carbocycles. The summed E-state index contributed by atoms with van der Waals surface area (Å²) in [6.45, 7) is 2.59. The molecule has 2 saturated heterocycles. The van der Waals surface area contributed by atoms with Gasteiger partial charge >= 0.3 is 0 Å². The maximum absolute atomic E-state index is 12.8. The minimum absolute atomic E-state index is 0.0269. The third-order valence-electron chi connectivity index (χ3n) is 5.21. The molecular formula is C15H21N5O2. The predicted octanol–water partition coefficient (Wildman–Crippen LogP) is -0.784. The van der Waals surface area contributed by atoms with Crippen LogP contribution >= 0.6 is 0 Å². The van der Waals surface area contributed by atoms with E-state index in [1.807, 2.05) is 16.0 Å². The molecule has 2 fully saturated rings. The number of aromatic nitrogens is 2. The highest BCUT2D eigenvalue weighted by Crippen LogP contribution is 2.26. The Bertz CT molecular complexity index is 613. The average Bonchev–Trinajstić information content (AvgIpc) is 3.10. The molecule has 3 unspecified atom stereocenters. The van der Waals surface area contributed by atoms with Crippen LogP contribution in [0.5, 0.6) is 0 Å². The number of piperazine rings is 1. The Balaban J connectivity index is 1.43. The Morgan fingerprint density at radius 1 is 1.32 bits per heavy atom. The van der Waals surface area contributed by atoms with Crippen LogP contribution in [0.15, 0.2) is 12.4 Å². The summed E-state index contributed by atoms with van der Waals surface area (Å²) in [5.74, 6) is 1.35. The molecule has 4 heterocycles. The highest BCUT2D eigenvalue weighted by molar-refractivity contribution is 5.85. The Morgan fingerprint density at radius 3 is 3.05 bits per heavy atom. The van der Waals surface area contributed by atoms with Crippen molar-refractivity contribution in [1.29, 1.82) is 0 Å². The molecular weight excluding hydrogens is 282 g/mol. The van der Waals surface area contributed by atoms with Crippen molar-refractivity contribution in [2.75, 3.05) is 19.6 Å². The molecule has 118 valence electrons. The quantitative estimate of drug-likeness (QED) is 0.737. The van der Waals surface area contributed by atoms with Crippen molar-refractivity contribution in [3.05, 3.63) is 18.2 Å². The van der Waals surface area contributed by atoms with Gasteiger partial charge in [0.1, 0.15) is 5.82 Å². The van der Waals surface area contributed by atoms with Gasteiger partial charge in [0.2, 0.25) is 11.8 Å². The lowest BCUT2D eigenvalue weighted by Gasteiger charge is -2.39. The summed E-state index contributed by atoms with van der Waals surface area (Å²) in [4.78, 5) is 32.8. The summed E-state index contributed by atoms with van der Waals surface area (Å²) in [7, 11) is 0. The van der Waals surface area contributed by atoms with Crippen molar-refractivity contribution in [1.82, 2.24) is 19.4 Å². The first-order valence-electron chi connectivity index (χ1n) is 7.98. The van der Waals surface area contributed by atoms with Crippen LogP contribution in [-0.4, -0.2) is 62.9 Å². The molecule has 0 spiro atoms. The second-order valence-corrected chi connectivity index (χ2v) is 6.54. The maximum Gasteiger partial charge on any atom is 0.239 e. The van der Waals surface area contributed by atoms with Gasteiger partial charge in [-0.25, -0.2) is 4.98 Å². The molecule has 0 aromatic carbocycles. The Labute approximate surface area is 129 Å². The molecule has 2 N–H and O–H groups in total. The molecule has 22 heavy (non-hydrogen) atoms. The third-order valence-corrected chi connectivity index (χ3v) is 5.21. The zero-order chi connectivity index (χ0) is 15.3. The number of amides is 2. The van der Waals surface area contributed by atoms with Gasteiger partial charge < -0.3 is 20.1 Å². The van der Waals surface area contributed by atoms with Gasteiger partial charge in [-0.15, -0.1) is 0 Å². The third kappa shape index (κ3) is 2.11. The van der Waals surface area contributed by atoms with E-state index in [2.05, 4.69) is 9.55 Å². The van der Waals surface area contributed by atoms with Crippen LogP contribution in [0.3, 0.4) is 0 Å². The SMILES string of the molecule is NC1CC2CN(C(=O)C3CCc4nccn4C3)CCN2C1=O. The van der Waals surface area contributed by atoms with Gasteiger partial charge in [0, 0.05) is 45.0 Å². The molecule has 3 atom stereocenters. The second kappa shape index (κ2) is 5.08. The van der Waals surface area contributed by atoms with E-state index in [0.717, 1.165) is 25.2 Å². The van der Waals surface area contributed by atoms with E-state index < -0.39 is 0 Å². The topological polar surface area (TPSA) is 84.5 Å².